The van der Waals surface area contributed by atoms with Crippen molar-refractivity contribution in [1.82, 2.24) is 10.2 Å². The molecule has 1 heterocycles. The first-order valence-electron chi connectivity index (χ1n) is 6.36. The summed E-state index contributed by atoms with van der Waals surface area (Å²) in [6, 6.07) is 6.63. The molecule has 1 atom stereocenters. The van der Waals surface area contributed by atoms with E-state index in [-0.39, 0.29) is 23.7 Å². The number of piperazine rings is 1. The molecule has 1 N–H and O–H groups in total. The number of amides is 1. The molecule has 1 aromatic carbocycles. The van der Waals surface area contributed by atoms with Crippen molar-refractivity contribution in [3.63, 3.8) is 0 Å². The van der Waals surface area contributed by atoms with E-state index >= 15 is 0 Å². The zero-order valence-corrected chi connectivity index (χ0v) is 10.8. The van der Waals surface area contributed by atoms with E-state index in [0.717, 1.165) is 0 Å². The summed E-state index contributed by atoms with van der Waals surface area (Å²) >= 11 is 0. The van der Waals surface area contributed by atoms with Gasteiger partial charge in [-0.1, -0.05) is 32.0 Å². The molecule has 18 heavy (non-hydrogen) atoms. The summed E-state index contributed by atoms with van der Waals surface area (Å²) in [6.45, 7) is 5.72. The lowest BCUT2D eigenvalue weighted by atomic mass is 10.0. The Morgan fingerprint density at radius 3 is 2.83 bits per heavy atom. The lowest BCUT2D eigenvalue weighted by molar-refractivity contribution is -0.135. The van der Waals surface area contributed by atoms with Crippen LogP contribution in [0.4, 0.5) is 4.39 Å². The minimum absolute atomic E-state index is 0.00984. The third-order valence-corrected chi connectivity index (χ3v) is 3.26. The molecule has 98 valence electrons. The molecular weight excluding hydrogens is 231 g/mol. The Balaban J connectivity index is 2.12. The molecule has 0 bridgehead atoms. The highest BCUT2D eigenvalue weighted by Gasteiger charge is 2.26. The van der Waals surface area contributed by atoms with Gasteiger partial charge in [-0.15, -0.1) is 0 Å². The smallest absolute Gasteiger partial charge is 0.225 e. The molecule has 3 nitrogen and oxygen atoms in total. The first kappa shape index (κ1) is 13.0. The number of hydrogen-bond acceptors (Lipinski definition) is 2. The Hall–Kier alpha value is -1.42. The molecule has 4 heteroatoms. The van der Waals surface area contributed by atoms with Crippen LogP contribution in [0.25, 0.3) is 0 Å². The van der Waals surface area contributed by atoms with Crippen molar-refractivity contribution in [3.8, 4) is 0 Å². The van der Waals surface area contributed by atoms with Crippen LogP contribution < -0.4 is 5.32 Å². The van der Waals surface area contributed by atoms with Gasteiger partial charge in [-0.05, 0) is 6.07 Å². The van der Waals surface area contributed by atoms with Gasteiger partial charge in [0.2, 0.25) is 5.91 Å². The van der Waals surface area contributed by atoms with E-state index < -0.39 is 0 Å². The molecule has 1 amide bonds. The highest BCUT2D eigenvalue weighted by Crippen LogP contribution is 2.21. The number of carbonyl (C=O) groups excluding carboxylic acids is 1. The van der Waals surface area contributed by atoms with Gasteiger partial charge in [-0.3, -0.25) is 4.79 Å². The maximum atomic E-state index is 13.7. The quantitative estimate of drug-likeness (QED) is 0.870. The fraction of sp³-hybridized carbons (Fsp3) is 0.500. The van der Waals surface area contributed by atoms with Crippen LogP contribution in [0.3, 0.4) is 0 Å². The zero-order valence-electron chi connectivity index (χ0n) is 10.8. The fourth-order valence-electron chi connectivity index (χ4n) is 2.28. The highest BCUT2D eigenvalue weighted by atomic mass is 19.1. The first-order valence-corrected chi connectivity index (χ1v) is 6.36. The van der Waals surface area contributed by atoms with E-state index in [2.05, 4.69) is 5.32 Å². The van der Waals surface area contributed by atoms with Crippen LogP contribution in [0.5, 0.6) is 0 Å². The normalized spacial score (nSPS) is 20.2. The summed E-state index contributed by atoms with van der Waals surface area (Å²) in [5.41, 5.74) is 0.638. The second-order valence-corrected chi connectivity index (χ2v) is 4.97. The third kappa shape index (κ3) is 2.70. The molecule has 1 aromatic rings. The number of rotatable bonds is 2. The number of nitrogens with one attached hydrogen (secondary N) is 1. The van der Waals surface area contributed by atoms with Crippen molar-refractivity contribution in [2.75, 3.05) is 19.6 Å². The zero-order chi connectivity index (χ0) is 13.1. The van der Waals surface area contributed by atoms with Gasteiger partial charge in [0.05, 0.1) is 6.04 Å². The topological polar surface area (TPSA) is 32.3 Å². The van der Waals surface area contributed by atoms with Gasteiger partial charge < -0.3 is 10.2 Å². The van der Waals surface area contributed by atoms with Gasteiger partial charge in [0, 0.05) is 31.1 Å². The molecule has 1 fully saturated rings. The lowest BCUT2D eigenvalue weighted by Crippen LogP contribution is -2.49. The Morgan fingerprint density at radius 2 is 2.17 bits per heavy atom. The summed E-state index contributed by atoms with van der Waals surface area (Å²) in [6.07, 6.45) is 0. The predicted octanol–water partition coefficient (Wildman–Crippen LogP) is 1.95. The summed E-state index contributed by atoms with van der Waals surface area (Å²) in [5, 5.41) is 3.27. The van der Waals surface area contributed by atoms with E-state index in [9.17, 15) is 9.18 Å². The van der Waals surface area contributed by atoms with Gasteiger partial charge in [0.15, 0.2) is 0 Å². The molecule has 0 spiro atoms. The minimum Gasteiger partial charge on any atom is -0.339 e. The summed E-state index contributed by atoms with van der Waals surface area (Å²) in [7, 11) is 0. The lowest BCUT2D eigenvalue weighted by Gasteiger charge is -2.35. The molecule has 1 unspecified atom stereocenters. The van der Waals surface area contributed by atoms with Crippen molar-refractivity contribution >= 4 is 5.91 Å². The molecule has 1 aliphatic rings. The van der Waals surface area contributed by atoms with E-state index in [1.54, 1.807) is 12.1 Å². The van der Waals surface area contributed by atoms with Crippen molar-refractivity contribution in [1.29, 1.82) is 0 Å². The maximum Gasteiger partial charge on any atom is 0.225 e. The van der Waals surface area contributed by atoms with Crippen molar-refractivity contribution in [2.45, 2.75) is 19.9 Å². The van der Waals surface area contributed by atoms with Crippen LogP contribution in [0.1, 0.15) is 25.5 Å². The van der Waals surface area contributed by atoms with Crippen LogP contribution in [0, 0.1) is 11.7 Å². The van der Waals surface area contributed by atoms with Crippen molar-refractivity contribution < 1.29 is 9.18 Å². The highest BCUT2D eigenvalue weighted by molar-refractivity contribution is 5.78. The van der Waals surface area contributed by atoms with Crippen molar-refractivity contribution in [3.05, 3.63) is 35.6 Å². The first-order chi connectivity index (χ1) is 8.59. The molecule has 0 aromatic heterocycles. The number of hydrogen-bond donors (Lipinski definition) is 1. The molecular formula is C14H19FN2O. The van der Waals surface area contributed by atoms with E-state index in [0.29, 0.717) is 25.2 Å². The van der Waals surface area contributed by atoms with Gasteiger partial charge >= 0.3 is 0 Å². The number of halogens is 1. The van der Waals surface area contributed by atoms with Crippen LogP contribution in [-0.4, -0.2) is 30.4 Å². The van der Waals surface area contributed by atoms with Crippen LogP contribution >= 0.6 is 0 Å². The maximum absolute atomic E-state index is 13.7. The van der Waals surface area contributed by atoms with Crippen LogP contribution in [0.15, 0.2) is 24.3 Å². The second-order valence-electron chi connectivity index (χ2n) is 4.97. The van der Waals surface area contributed by atoms with Gasteiger partial charge in [-0.2, -0.15) is 0 Å². The predicted molar refractivity (Wildman–Crippen MR) is 68.6 cm³/mol. The van der Waals surface area contributed by atoms with Crippen LogP contribution in [-0.2, 0) is 4.79 Å². The van der Waals surface area contributed by atoms with Gasteiger partial charge in [-0.25, -0.2) is 4.39 Å². The number of carbonyl (C=O) groups is 1. The van der Waals surface area contributed by atoms with E-state index in [1.165, 1.54) is 6.07 Å². The largest absolute Gasteiger partial charge is 0.339 e. The van der Waals surface area contributed by atoms with E-state index in [1.807, 2.05) is 24.8 Å². The molecule has 0 radical (unpaired) electrons. The summed E-state index contributed by atoms with van der Waals surface area (Å²) < 4.78 is 13.7. The second kappa shape index (κ2) is 5.48. The monoisotopic (exact) mass is 250 g/mol. The van der Waals surface area contributed by atoms with Gasteiger partial charge in [0.1, 0.15) is 5.82 Å². The summed E-state index contributed by atoms with van der Waals surface area (Å²) in [5.74, 6) is -0.0870. The van der Waals surface area contributed by atoms with Crippen LogP contribution in [0.2, 0.25) is 0 Å². The molecule has 0 aliphatic carbocycles. The Bertz CT molecular complexity index is 434. The average Bonchev–Trinajstić information content (AvgIpc) is 2.38. The number of benzene rings is 1. The Labute approximate surface area is 107 Å². The molecule has 1 aliphatic heterocycles. The minimum atomic E-state index is -0.214. The third-order valence-electron chi connectivity index (χ3n) is 3.26. The van der Waals surface area contributed by atoms with Crippen molar-refractivity contribution in [2.24, 2.45) is 5.92 Å². The molecule has 2 rings (SSSR count). The van der Waals surface area contributed by atoms with Gasteiger partial charge in [0.25, 0.3) is 0 Å². The molecule has 0 saturated carbocycles. The Kier molecular flexibility index (Phi) is 3.97. The SMILES string of the molecule is CC(C)C(=O)N1CCNC(c2ccccc2F)C1. The standard InChI is InChI=1S/C14H19FN2O/c1-10(2)14(18)17-8-7-16-13(9-17)11-5-3-4-6-12(11)15/h3-6,10,13,16H,7-9H2,1-2H3. The molecule has 1 saturated heterocycles. The number of nitrogens with zero attached hydrogens (tertiary/aromatic N) is 1. The summed E-state index contributed by atoms with van der Waals surface area (Å²) in [4.78, 5) is 13.8. The van der Waals surface area contributed by atoms with E-state index in [4.69, 9.17) is 0 Å². The Morgan fingerprint density at radius 1 is 1.44 bits per heavy atom. The average molecular weight is 250 g/mol. The fourth-order valence-corrected chi connectivity index (χ4v) is 2.28.